The molecule has 0 saturated heterocycles. The van der Waals surface area contributed by atoms with E-state index in [-0.39, 0.29) is 0 Å². The number of aromatic amines is 1. The molecule has 144 valence electrons. The highest BCUT2D eigenvalue weighted by molar-refractivity contribution is 5.83. The van der Waals surface area contributed by atoms with Crippen LogP contribution < -0.4 is 10.6 Å². The molecule has 0 aliphatic rings. The van der Waals surface area contributed by atoms with E-state index in [1.165, 1.54) is 16.5 Å². The Kier molecular flexibility index (Phi) is 5.28. The number of aromatic nitrogens is 3. The Morgan fingerprint density at radius 3 is 2.79 bits per heavy atom. The number of benzene rings is 2. The van der Waals surface area contributed by atoms with Crippen LogP contribution in [0.1, 0.15) is 18.3 Å². The highest BCUT2D eigenvalue weighted by atomic mass is 15.2. The second-order valence-corrected chi connectivity index (χ2v) is 6.81. The summed E-state index contributed by atoms with van der Waals surface area (Å²) in [5, 5.41) is 8.04. The van der Waals surface area contributed by atoms with Gasteiger partial charge in [0.25, 0.3) is 0 Å². The smallest absolute Gasteiger partial charge is 0.191 e. The first-order valence-corrected chi connectivity index (χ1v) is 9.73. The Labute approximate surface area is 164 Å². The molecule has 4 rings (SSSR count). The van der Waals surface area contributed by atoms with E-state index in [0.717, 1.165) is 42.3 Å². The lowest BCUT2D eigenvalue weighted by molar-refractivity contribution is 0.773. The zero-order valence-electron chi connectivity index (χ0n) is 16.4. The lowest BCUT2D eigenvalue weighted by Crippen LogP contribution is -2.38. The molecule has 0 aliphatic carbocycles. The molecular formula is C22H26N6. The van der Waals surface area contributed by atoms with Crippen LogP contribution in [0.2, 0.25) is 0 Å². The fourth-order valence-electron chi connectivity index (χ4n) is 3.48. The number of nitrogens with one attached hydrogen (secondary N) is 3. The van der Waals surface area contributed by atoms with Gasteiger partial charge in [-0.2, -0.15) is 0 Å². The van der Waals surface area contributed by atoms with Gasteiger partial charge in [-0.3, -0.25) is 0 Å². The number of fused-ring (bicyclic) bond motifs is 2. The van der Waals surface area contributed by atoms with E-state index in [0.29, 0.717) is 6.54 Å². The van der Waals surface area contributed by atoms with Gasteiger partial charge in [-0.05, 0) is 37.1 Å². The van der Waals surface area contributed by atoms with Crippen LogP contribution in [-0.2, 0) is 20.0 Å². The molecule has 0 atom stereocenters. The predicted octanol–water partition coefficient (Wildman–Crippen LogP) is 3.35. The quantitative estimate of drug-likeness (QED) is 0.358. The molecule has 0 spiro atoms. The van der Waals surface area contributed by atoms with Crippen LogP contribution in [0.5, 0.6) is 0 Å². The lowest BCUT2D eigenvalue weighted by Gasteiger charge is -2.11. The Morgan fingerprint density at radius 2 is 1.93 bits per heavy atom. The molecule has 0 bridgehead atoms. The van der Waals surface area contributed by atoms with E-state index in [2.05, 4.69) is 63.6 Å². The van der Waals surface area contributed by atoms with Gasteiger partial charge in [-0.25, -0.2) is 9.98 Å². The van der Waals surface area contributed by atoms with E-state index < -0.39 is 0 Å². The molecule has 0 saturated carbocycles. The Hall–Kier alpha value is -3.28. The summed E-state index contributed by atoms with van der Waals surface area (Å²) in [5.74, 6) is 1.77. The van der Waals surface area contributed by atoms with Crippen molar-refractivity contribution in [3.63, 3.8) is 0 Å². The topological polar surface area (TPSA) is 70.0 Å². The minimum Gasteiger partial charge on any atom is -0.361 e. The maximum absolute atomic E-state index is 4.72. The van der Waals surface area contributed by atoms with Crippen LogP contribution in [0, 0.1) is 0 Å². The van der Waals surface area contributed by atoms with Crippen LogP contribution >= 0.6 is 0 Å². The molecule has 0 aliphatic heterocycles. The Bertz CT molecular complexity index is 1100. The molecule has 0 amide bonds. The van der Waals surface area contributed by atoms with Gasteiger partial charge in [-0.1, -0.05) is 30.3 Å². The van der Waals surface area contributed by atoms with Crippen LogP contribution in [-0.4, -0.2) is 33.6 Å². The molecule has 0 unspecified atom stereocenters. The molecular weight excluding hydrogens is 348 g/mol. The molecule has 4 aromatic rings. The molecule has 28 heavy (non-hydrogen) atoms. The van der Waals surface area contributed by atoms with Crippen molar-refractivity contribution >= 4 is 27.9 Å². The number of hydrogen-bond acceptors (Lipinski definition) is 2. The SMILES string of the molecule is CCNC(=NCc1nc2ccccc2n1C)NCCc1c[nH]c2ccccc12. The van der Waals surface area contributed by atoms with Crippen molar-refractivity contribution in [3.8, 4) is 0 Å². The van der Waals surface area contributed by atoms with Crippen LogP contribution in [0.25, 0.3) is 21.9 Å². The van der Waals surface area contributed by atoms with Crippen molar-refractivity contribution in [2.75, 3.05) is 13.1 Å². The zero-order valence-corrected chi connectivity index (χ0v) is 16.4. The molecule has 0 radical (unpaired) electrons. The van der Waals surface area contributed by atoms with E-state index in [1.54, 1.807) is 0 Å². The minimum absolute atomic E-state index is 0.535. The average Bonchev–Trinajstić information content (AvgIpc) is 3.28. The van der Waals surface area contributed by atoms with Gasteiger partial charge in [-0.15, -0.1) is 0 Å². The van der Waals surface area contributed by atoms with Crippen molar-refractivity contribution in [1.29, 1.82) is 0 Å². The number of guanidine groups is 1. The summed E-state index contributed by atoms with van der Waals surface area (Å²) in [6.07, 6.45) is 3.02. The summed E-state index contributed by atoms with van der Waals surface area (Å²) in [6.45, 7) is 4.25. The molecule has 0 fully saturated rings. The normalized spacial score (nSPS) is 12.0. The van der Waals surface area contributed by atoms with Crippen molar-refractivity contribution in [2.45, 2.75) is 19.9 Å². The third kappa shape index (κ3) is 3.71. The number of rotatable bonds is 6. The van der Waals surface area contributed by atoms with Gasteiger partial charge >= 0.3 is 0 Å². The Morgan fingerprint density at radius 1 is 1.11 bits per heavy atom. The highest BCUT2D eigenvalue weighted by Gasteiger charge is 2.07. The molecule has 2 aromatic heterocycles. The first kappa shape index (κ1) is 18.1. The monoisotopic (exact) mass is 374 g/mol. The van der Waals surface area contributed by atoms with E-state index >= 15 is 0 Å². The third-order valence-corrected chi connectivity index (χ3v) is 4.96. The van der Waals surface area contributed by atoms with E-state index in [4.69, 9.17) is 9.98 Å². The van der Waals surface area contributed by atoms with E-state index in [9.17, 15) is 0 Å². The number of imidazole rings is 1. The van der Waals surface area contributed by atoms with Crippen LogP contribution in [0.15, 0.2) is 59.7 Å². The van der Waals surface area contributed by atoms with Crippen molar-refractivity contribution < 1.29 is 0 Å². The number of hydrogen-bond donors (Lipinski definition) is 3. The number of H-pyrrole nitrogens is 1. The molecule has 2 aromatic carbocycles. The number of aliphatic imine (C=N–C) groups is 1. The fourth-order valence-corrected chi connectivity index (χ4v) is 3.48. The molecule has 3 N–H and O–H groups in total. The lowest BCUT2D eigenvalue weighted by atomic mass is 10.1. The fraction of sp³-hybridized carbons (Fsp3) is 0.273. The molecule has 6 heteroatoms. The molecule has 2 heterocycles. The molecule has 6 nitrogen and oxygen atoms in total. The summed E-state index contributed by atoms with van der Waals surface area (Å²) in [5.41, 5.74) is 4.63. The summed E-state index contributed by atoms with van der Waals surface area (Å²) in [6, 6.07) is 16.6. The maximum Gasteiger partial charge on any atom is 0.191 e. The van der Waals surface area contributed by atoms with Crippen LogP contribution in [0.4, 0.5) is 0 Å². The average molecular weight is 374 g/mol. The zero-order chi connectivity index (χ0) is 19.3. The first-order chi connectivity index (χ1) is 13.8. The predicted molar refractivity (Wildman–Crippen MR) is 116 cm³/mol. The van der Waals surface area contributed by atoms with Gasteiger partial charge in [0, 0.05) is 37.2 Å². The van der Waals surface area contributed by atoms with Gasteiger partial charge in [0.15, 0.2) is 5.96 Å². The third-order valence-electron chi connectivity index (χ3n) is 4.96. The number of para-hydroxylation sites is 3. The van der Waals surface area contributed by atoms with Crippen molar-refractivity contribution in [1.82, 2.24) is 25.2 Å². The first-order valence-electron chi connectivity index (χ1n) is 9.73. The highest BCUT2D eigenvalue weighted by Crippen LogP contribution is 2.17. The van der Waals surface area contributed by atoms with Crippen LogP contribution in [0.3, 0.4) is 0 Å². The van der Waals surface area contributed by atoms with Gasteiger partial charge < -0.3 is 20.2 Å². The van der Waals surface area contributed by atoms with Gasteiger partial charge in [0.05, 0.1) is 11.0 Å². The summed E-state index contributed by atoms with van der Waals surface area (Å²) in [7, 11) is 2.04. The second kappa shape index (κ2) is 8.17. The van der Waals surface area contributed by atoms with Gasteiger partial charge in [0.2, 0.25) is 0 Å². The summed E-state index contributed by atoms with van der Waals surface area (Å²) >= 11 is 0. The maximum atomic E-state index is 4.72. The van der Waals surface area contributed by atoms with Gasteiger partial charge in [0.1, 0.15) is 12.4 Å². The van der Waals surface area contributed by atoms with Crippen molar-refractivity contribution in [3.05, 3.63) is 66.1 Å². The second-order valence-electron chi connectivity index (χ2n) is 6.81. The minimum atomic E-state index is 0.535. The van der Waals surface area contributed by atoms with Crippen molar-refractivity contribution in [2.24, 2.45) is 12.0 Å². The largest absolute Gasteiger partial charge is 0.361 e. The number of aryl methyl sites for hydroxylation is 1. The van der Waals surface area contributed by atoms with E-state index in [1.807, 2.05) is 25.2 Å². The summed E-state index contributed by atoms with van der Waals surface area (Å²) in [4.78, 5) is 12.8. The standard InChI is InChI=1S/C22H26N6/c1-3-23-22(24-13-12-16-14-25-18-9-5-4-8-17(16)18)26-15-21-27-19-10-6-7-11-20(19)28(21)2/h4-11,14,25H,3,12-13,15H2,1-2H3,(H2,23,24,26). The number of nitrogens with zero attached hydrogens (tertiary/aromatic N) is 3. The Balaban J connectivity index is 1.42. The summed E-state index contributed by atoms with van der Waals surface area (Å²) < 4.78 is 2.11.